The fourth-order valence-corrected chi connectivity index (χ4v) is 7.04. The zero-order valence-electron chi connectivity index (χ0n) is 29.6. The van der Waals surface area contributed by atoms with Gasteiger partial charge >= 0.3 is 6.09 Å². The van der Waals surface area contributed by atoms with Gasteiger partial charge in [0.15, 0.2) is 0 Å². The number of nitrogens with zero attached hydrogens (tertiary/aromatic N) is 1. The lowest BCUT2D eigenvalue weighted by molar-refractivity contribution is -0.127. The van der Waals surface area contributed by atoms with Crippen LogP contribution in [0.2, 0.25) is 0 Å². The number of hydrogen-bond acceptors (Lipinski definition) is 9. The number of amides is 2. The van der Waals surface area contributed by atoms with Crippen LogP contribution in [0.3, 0.4) is 0 Å². The van der Waals surface area contributed by atoms with E-state index in [2.05, 4.69) is 15.5 Å². The molecule has 11 nitrogen and oxygen atoms in total. The van der Waals surface area contributed by atoms with Gasteiger partial charge in [-0.2, -0.15) is 0 Å². The van der Waals surface area contributed by atoms with Crippen LogP contribution in [0.15, 0.2) is 84.9 Å². The number of carbonyl (C=O) groups is 2. The summed E-state index contributed by atoms with van der Waals surface area (Å²) in [5, 5.41) is 28.5. The fraction of sp³-hybridized carbons (Fsp3) is 0.463. The summed E-state index contributed by atoms with van der Waals surface area (Å²) in [5.74, 6) is -0.150. The van der Waals surface area contributed by atoms with Crippen LogP contribution < -0.4 is 15.4 Å². The number of rotatable bonds is 16. The average Bonchev–Trinajstić information content (AvgIpc) is 3.79. The molecule has 6 rings (SSSR count). The second-order valence-corrected chi connectivity index (χ2v) is 13.8. The molecule has 2 fully saturated rings. The highest BCUT2D eigenvalue weighted by Crippen LogP contribution is 2.32. The zero-order chi connectivity index (χ0) is 36.1. The van der Waals surface area contributed by atoms with Crippen molar-refractivity contribution in [2.75, 3.05) is 52.7 Å². The van der Waals surface area contributed by atoms with E-state index in [4.69, 9.17) is 18.9 Å². The maximum atomic E-state index is 14.0. The largest absolute Gasteiger partial charge is 0.492 e. The molecule has 0 spiro atoms. The normalized spacial score (nSPS) is 22.0. The molecule has 0 aromatic heterocycles. The number of aliphatic hydroxyl groups is 2. The Balaban J connectivity index is 1.13. The van der Waals surface area contributed by atoms with Crippen LogP contribution in [-0.2, 0) is 31.8 Å². The summed E-state index contributed by atoms with van der Waals surface area (Å²) in [6.07, 6.45) is 2.90. The predicted molar refractivity (Wildman–Crippen MR) is 197 cm³/mol. The lowest BCUT2D eigenvalue weighted by atomic mass is 9.90. The van der Waals surface area contributed by atoms with Gasteiger partial charge in [-0.05, 0) is 53.6 Å². The second kappa shape index (κ2) is 19.0. The smallest absolute Gasteiger partial charge is 0.407 e. The first kappa shape index (κ1) is 37.5. The third kappa shape index (κ3) is 10.9. The molecular formula is C41H51N3O8. The summed E-state index contributed by atoms with van der Waals surface area (Å²) in [6, 6.07) is 23.8. The highest BCUT2D eigenvalue weighted by Gasteiger charge is 2.35. The molecule has 11 heteroatoms. The molecule has 278 valence electrons. The third-order valence-electron chi connectivity index (χ3n) is 10.0. The summed E-state index contributed by atoms with van der Waals surface area (Å²) in [7, 11) is 0. The average molecular weight is 714 g/mol. The highest BCUT2D eigenvalue weighted by atomic mass is 16.6. The minimum atomic E-state index is -1.08. The van der Waals surface area contributed by atoms with Gasteiger partial charge in [-0.3, -0.25) is 9.69 Å². The van der Waals surface area contributed by atoms with E-state index in [0.29, 0.717) is 45.5 Å². The van der Waals surface area contributed by atoms with Crippen molar-refractivity contribution in [3.05, 3.63) is 107 Å². The number of nitrogens with one attached hydrogen (secondary N) is 2. The van der Waals surface area contributed by atoms with Gasteiger partial charge in [-0.25, -0.2) is 4.79 Å². The Bertz CT molecular complexity index is 1590. The SMILES string of the molecule is O=C(NC(Cc1ccccc1)C(O)CC(C/C=C/c1ccc(OCCN2CCOCC2)cc1)C(=O)N[C@H]1c2ccccc2C[C@@H]1O)OC1CCOC1. The summed E-state index contributed by atoms with van der Waals surface area (Å²) in [5.41, 5.74) is 3.77. The molecule has 3 aromatic carbocycles. The van der Waals surface area contributed by atoms with Crippen LogP contribution in [0.5, 0.6) is 5.75 Å². The lowest BCUT2D eigenvalue weighted by Crippen LogP contribution is -2.48. The van der Waals surface area contributed by atoms with Gasteiger partial charge in [0.25, 0.3) is 0 Å². The summed E-state index contributed by atoms with van der Waals surface area (Å²) in [6.45, 7) is 5.68. The van der Waals surface area contributed by atoms with Crippen molar-refractivity contribution in [2.24, 2.45) is 5.92 Å². The van der Waals surface area contributed by atoms with E-state index in [-0.39, 0.29) is 18.4 Å². The molecule has 0 radical (unpaired) electrons. The molecule has 2 saturated heterocycles. The number of carbonyl (C=O) groups excluding carboxylic acids is 2. The van der Waals surface area contributed by atoms with Gasteiger partial charge in [0, 0.05) is 38.4 Å². The molecule has 3 aromatic rings. The second-order valence-electron chi connectivity index (χ2n) is 13.8. The van der Waals surface area contributed by atoms with Gasteiger partial charge in [0.05, 0.1) is 50.7 Å². The maximum absolute atomic E-state index is 14.0. The van der Waals surface area contributed by atoms with Crippen molar-refractivity contribution in [1.29, 1.82) is 0 Å². The number of hydrogen-bond donors (Lipinski definition) is 4. The standard InChI is InChI=1S/C41H51N3O8/c45-37(36(25-30-7-2-1-3-8-30)42-41(48)52-34-17-21-50-28-34)27-32(40(47)43-39-35-12-5-4-10-31(35)26-38(39)46)11-6-9-29-13-15-33(16-14-29)51-24-20-44-18-22-49-23-19-44/h1-10,12-16,32,34,36-39,45-46H,11,17-28H2,(H,42,48)(H,43,47)/b9-6+/t32?,34?,36?,37?,38-,39-/m0/s1. The molecule has 0 bridgehead atoms. The molecule has 2 heterocycles. The monoisotopic (exact) mass is 713 g/mol. The van der Waals surface area contributed by atoms with Gasteiger partial charge in [-0.15, -0.1) is 0 Å². The number of fused-ring (bicyclic) bond motifs is 1. The van der Waals surface area contributed by atoms with Crippen LogP contribution >= 0.6 is 0 Å². The molecule has 3 aliphatic rings. The van der Waals surface area contributed by atoms with Gasteiger partial charge < -0.3 is 39.8 Å². The molecule has 2 amide bonds. The summed E-state index contributed by atoms with van der Waals surface area (Å²) < 4.78 is 22.3. The van der Waals surface area contributed by atoms with Crippen LogP contribution in [0, 0.1) is 5.92 Å². The summed E-state index contributed by atoms with van der Waals surface area (Å²) >= 11 is 0. The van der Waals surface area contributed by atoms with Crippen molar-refractivity contribution < 1.29 is 38.7 Å². The molecule has 1 aliphatic carbocycles. The number of allylic oxidation sites excluding steroid dienone is 1. The minimum Gasteiger partial charge on any atom is -0.492 e. The highest BCUT2D eigenvalue weighted by molar-refractivity contribution is 5.80. The topological polar surface area (TPSA) is 139 Å². The van der Waals surface area contributed by atoms with E-state index in [1.54, 1.807) is 0 Å². The van der Waals surface area contributed by atoms with Gasteiger partial charge in [0.2, 0.25) is 5.91 Å². The summed E-state index contributed by atoms with van der Waals surface area (Å²) in [4.78, 5) is 29.3. The van der Waals surface area contributed by atoms with Crippen LogP contribution in [-0.4, -0.2) is 104 Å². The van der Waals surface area contributed by atoms with Gasteiger partial charge in [0.1, 0.15) is 18.5 Å². The Hall–Kier alpha value is -4.26. The number of alkyl carbamates (subject to hydrolysis) is 1. The Morgan fingerprint density at radius 2 is 1.73 bits per heavy atom. The fourth-order valence-electron chi connectivity index (χ4n) is 7.04. The Labute approximate surface area is 305 Å². The van der Waals surface area contributed by atoms with Crippen molar-refractivity contribution in [3.8, 4) is 5.75 Å². The van der Waals surface area contributed by atoms with E-state index in [1.165, 1.54) is 0 Å². The molecule has 6 atom stereocenters. The number of aliphatic hydroxyl groups excluding tert-OH is 2. The van der Waals surface area contributed by atoms with E-state index in [9.17, 15) is 19.8 Å². The van der Waals surface area contributed by atoms with Crippen LogP contribution in [0.1, 0.15) is 47.6 Å². The zero-order valence-corrected chi connectivity index (χ0v) is 29.6. The Kier molecular flexibility index (Phi) is 13.7. The lowest BCUT2D eigenvalue weighted by Gasteiger charge is -2.28. The molecule has 4 N–H and O–H groups in total. The maximum Gasteiger partial charge on any atom is 0.407 e. The first-order chi connectivity index (χ1) is 25.4. The van der Waals surface area contributed by atoms with Crippen molar-refractivity contribution in [1.82, 2.24) is 15.5 Å². The predicted octanol–water partition coefficient (Wildman–Crippen LogP) is 4.07. The van der Waals surface area contributed by atoms with E-state index in [1.807, 2.05) is 91.0 Å². The van der Waals surface area contributed by atoms with Crippen LogP contribution in [0.4, 0.5) is 4.79 Å². The van der Waals surface area contributed by atoms with Crippen LogP contribution in [0.25, 0.3) is 6.08 Å². The minimum absolute atomic E-state index is 0.0703. The van der Waals surface area contributed by atoms with Gasteiger partial charge in [-0.1, -0.05) is 78.9 Å². The Morgan fingerprint density at radius 3 is 2.50 bits per heavy atom. The molecule has 4 unspecified atom stereocenters. The number of ether oxygens (including phenoxy) is 4. The molecule has 0 saturated carbocycles. The molecular weight excluding hydrogens is 662 g/mol. The van der Waals surface area contributed by atoms with Crippen molar-refractivity contribution in [3.63, 3.8) is 0 Å². The molecule has 52 heavy (non-hydrogen) atoms. The first-order valence-electron chi connectivity index (χ1n) is 18.4. The number of morpholine rings is 1. The Morgan fingerprint density at radius 1 is 0.962 bits per heavy atom. The van der Waals surface area contributed by atoms with E-state index < -0.39 is 36.3 Å². The molecule has 2 aliphatic heterocycles. The van der Waals surface area contributed by atoms with Crippen molar-refractivity contribution in [2.45, 2.75) is 62.5 Å². The number of benzene rings is 3. The van der Waals surface area contributed by atoms with E-state index in [0.717, 1.165) is 60.9 Å². The quantitative estimate of drug-likeness (QED) is 0.173. The first-order valence-corrected chi connectivity index (χ1v) is 18.4. The van der Waals surface area contributed by atoms with E-state index >= 15 is 0 Å². The van der Waals surface area contributed by atoms with Crippen molar-refractivity contribution >= 4 is 18.1 Å². The third-order valence-corrected chi connectivity index (χ3v) is 10.0.